The van der Waals surface area contributed by atoms with Gasteiger partial charge in [-0.15, -0.1) is 0 Å². The number of halogens is 4. The molecule has 1 aliphatic rings. The molecule has 1 fully saturated rings. The number of alkyl halides is 3. The smallest absolute Gasteiger partial charge is 0.391 e. The topological polar surface area (TPSA) is 12.5 Å². The Bertz CT molecular complexity index is 470. The molecule has 0 N–H and O–H groups in total. The second-order valence-corrected chi connectivity index (χ2v) is 6.14. The molecule has 2 rings (SSSR count). The lowest BCUT2D eigenvalue weighted by molar-refractivity contribution is -0.185. The number of hydrogen-bond donors (Lipinski definition) is 0. The van der Waals surface area contributed by atoms with Gasteiger partial charge in [-0.1, -0.05) is 6.07 Å². The first-order valence-corrected chi connectivity index (χ1v) is 7.89. The van der Waals surface area contributed by atoms with Crippen LogP contribution in [0.5, 0.6) is 5.75 Å². The third-order valence-corrected chi connectivity index (χ3v) is 4.37. The van der Waals surface area contributed by atoms with E-state index in [0.717, 1.165) is 15.8 Å². The van der Waals surface area contributed by atoms with Gasteiger partial charge in [0.25, 0.3) is 0 Å². The fourth-order valence-electron chi connectivity index (χ4n) is 2.59. The molecule has 0 unspecified atom stereocenters. The number of likely N-dealkylation sites (tertiary alicyclic amines) is 1. The van der Waals surface area contributed by atoms with Crippen molar-refractivity contribution in [2.45, 2.75) is 32.5 Å². The van der Waals surface area contributed by atoms with Gasteiger partial charge in [0, 0.05) is 6.54 Å². The van der Waals surface area contributed by atoms with Crippen LogP contribution in [0.4, 0.5) is 13.2 Å². The molecule has 21 heavy (non-hydrogen) atoms. The summed E-state index contributed by atoms with van der Waals surface area (Å²) in [5, 5.41) is 0. The minimum Gasteiger partial charge on any atom is -0.493 e. The molecular formula is C15H19BrF3NO. The van der Waals surface area contributed by atoms with Gasteiger partial charge in [-0.25, -0.2) is 0 Å². The second-order valence-electron chi connectivity index (χ2n) is 5.29. The zero-order chi connectivity index (χ0) is 15.5. The van der Waals surface area contributed by atoms with Crippen LogP contribution in [0.15, 0.2) is 22.7 Å². The lowest BCUT2D eigenvalue weighted by Gasteiger charge is -2.32. The molecule has 1 aliphatic heterocycles. The summed E-state index contributed by atoms with van der Waals surface area (Å²) in [4.78, 5) is 2.07. The molecule has 118 valence electrons. The van der Waals surface area contributed by atoms with E-state index in [-0.39, 0.29) is 12.8 Å². The molecule has 1 saturated heterocycles. The van der Waals surface area contributed by atoms with Crippen LogP contribution >= 0.6 is 15.9 Å². The second kappa shape index (κ2) is 7.01. The third-order valence-electron chi connectivity index (χ3n) is 3.75. The number of rotatable bonds is 4. The van der Waals surface area contributed by atoms with Crippen LogP contribution < -0.4 is 4.74 Å². The SMILES string of the molecule is CCOc1ccc(CN2CCC(C(F)(F)F)CC2)cc1Br. The molecular weight excluding hydrogens is 347 g/mol. The highest BCUT2D eigenvalue weighted by atomic mass is 79.9. The average Bonchev–Trinajstić information content (AvgIpc) is 2.42. The first-order chi connectivity index (χ1) is 9.90. The van der Waals surface area contributed by atoms with Crippen LogP contribution in [-0.4, -0.2) is 30.8 Å². The molecule has 0 atom stereocenters. The summed E-state index contributed by atoms with van der Waals surface area (Å²) in [6, 6.07) is 5.83. The Balaban J connectivity index is 1.90. The number of nitrogens with zero attached hydrogens (tertiary/aromatic N) is 1. The Kier molecular flexibility index (Phi) is 5.54. The molecule has 0 aromatic heterocycles. The van der Waals surface area contributed by atoms with Crippen LogP contribution in [0.3, 0.4) is 0 Å². The Labute approximate surface area is 131 Å². The van der Waals surface area contributed by atoms with E-state index in [1.165, 1.54) is 0 Å². The first-order valence-electron chi connectivity index (χ1n) is 7.10. The summed E-state index contributed by atoms with van der Waals surface area (Å²) in [5.41, 5.74) is 1.08. The zero-order valence-corrected chi connectivity index (χ0v) is 13.5. The van der Waals surface area contributed by atoms with Crippen molar-refractivity contribution < 1.29 is 17.9 Å². The molecule has 0 spiro atoms. The summed E-state index contributed by atoms with van der Waals surface area (Å²) in [5.74, 6) is -0.349. The van der Waals surface area contributed by atoms with Crippen molar-refractivity contribution in [1.29, 1.82) is 0 Å². The number of ether oxygens (including phenoxy) is 1. The minimum atomic E-state index is -4.05. The van der Waals surface area contributed by atoms with E-state index in [1.54, 1.807) is 0 Å². The van der Waals surface area contributed by atoms with Gasteiger partial charge in [-0.3, -0.25) is 4.90 Å². The molecule has 1 aromatic rings. The Morgan fingerprint density at radius 2 is 1.95 bits per heavy atom. The Hall–Kier alpha value is -0.750. The standard InChI is InChI=1S/C15H19BrF3NO/c1-2-21-14-4-3-11(9-13(14)16)10-20-7-5-12(6-8-20)15(17,18)19/h3-4,9,12H,2,5-8,10H2,1H3. The molecule has 0 amide bonds. The molecule has 2 nitrogen and oxygen atoms in total. The molecule has 6 heteroatoms. The molecule has 0 radical (unpaired) electrons. The van der Waals surface area contributed by atoms with E-state index >= 15 is 0 Å². The van der Waals surface area contributed by atoms with Gasteiger partial charge in [0.2, 0.25) is 0 Å². The maximum atomic E-state index is 12.6. The van der Waals surface area contributed by atoms with Crippen LogP contribution in [0.1, 0.15) is 25.3 Å². The molecule has 0 saturated carbocycles. The lowest BCUT2D eigenvalue weighted by atomic mass is 9.96. The molecule has 1 heterocycles. The number of piperidine rings is 1. The van der Waals surface area contributed by atoms with Gasteiger partial charge in [0.1, 0.15) is 5.75 Å². The fourth-order valence-corrected chi connectivity index (χ4v) is 3.13. The predicted octanol–water partition coefficient (Wildman–Crippen LogP) is 4.62. The van der Waals surface area contributed by atoms with Gasteiger partial charge in [0.05, 0.1) is 17.0 Å². The maximum absolute atomic E-state index is 12.6. The maximum Gasteiger partial charge on any atom is 0.391 e. The molecule has 0 bridgehead atoms. The van der Waals surface area contributed by atoms with Crippen molar-refractivity contribution >= 4 is 15.9 Å². The quantitative estimate of drug-likeness (QED) is 0.771. The normalized spacial score (nSPS) is 18.0. The van der Waals surface area contributed by atoms with Gasteiger partial charge in [-0.2, -0.15) is 13.2 Å². The number of benzene rings is 1. The predicted molar refractivity (Wildman–Crippen MR) is 79.4 cm³/mol. The average molecular weight is 366 g/mol. The highest BCUT2D eigenvalue weighted by Crippen LogP contribution is 2.34. The largest absolute Gasteiger partial charge is 0.493 e. The summed E-state index contributed by atoms with van der Waals surface area (Å²) in [6.45, 7) is 4.19. The van der Waals surface area contributed by atoms with Gasteiger partial charge < -0.3 is 4.74 Å². The van der Waals surface area contributed by atoms with E-state index in [0.29, 0.717) is 26.2 Å². The monoisotopic (exact) mass is 365 g/mol. The van der Waals surface area contributed by atoms with Crippen LogP contribution in [0.2, 0.25) is 0 Å². The lowest BCUT2D eigenvalue weighted by Crippen LogP contribution is -2.38. The Morgan fingerprint density at radius 1 is 1.29 bits per heavy atom. The van der Waals surface area contributed by atoms with Crippen molar-refractivity contribution in [2.24, 2.45) is 5.92 Å². The Morgan fingerprint density at radius 3 is 2.48 bits per heavy atom. The van der Waals surface area contributed by atoms with Crippen molar-refractivity contribution in [3.63, 3.8) is 0 Å². The third kappa shape index (κ3) is 4.61. The zero-order valence-electron chi connectivity index (χ0n) is 11.9. The van der Waals surface area contributed by atoms with Crippen molar-refractivity contribution in [2.75, 3.05) is 19.7 Å². The van der Waals surface area contributed by atoms with Gasteiger partial charge >= 0.3 is 6.18 Å². The summed E-state index contributed by atoms with van der Waals surface area (Å²) < 4.78 is 44.2. The van der Waals surface area contributed by atoms with Crippen molar-refractivity contribution in [3.8, 4) is 5.75 Å². The highest BCUT2D eigenvalue weighted by molar-refractivity contribution is 9.10. The van der Waals surface area contributed by atoms with Gasteiger partial charge in [-0.05, 0) is 66.5 Å². The molecule has 0 aliphatic carbocycles. The first kappa shape index (κ1) is 16.6. The fraction of sp³-hybridized carbons (Fsp3) is 0.600. The van der Waals surface area contributed by atoms with E-state index in [2.05, 4.69) is 20.8 Å². The van der Waals surface area contributed by atoms with Crippen molar-refractivity contribution in [1.82, 2.24) is 4.90 Å². The summed E-state index contributed by atoms with van der Waals surface area (Å²) in [6.07, 6.45) is -3.66. The summed E-state index contributed by atoms with van der Waals surface area (Å²) >= 11 is 3.46. The van der Waals surface area contributed by atoms with E-state index < -0.39 is 12.1 Å². The van der Waals surface area contributed by atoms with Crippen LogP contribution in [-0.2, 0) is 6.54 Å². The minimum absolute atomic E-state index is 0.196. The highest BCUT2D eigenvalue weighted by Gasteiger charge is 2.40. The van der Waals surface area contributed by atoms with E-state index in [4.69, 9.17) is 4.74 Å². The molecule has 1 aromatic carbocycles. The number of hydrogen-bond acceptors (Lipinski definition) is 2. The van der Waals surface area contributed by atoms with Crippen molar-refractivity contribution in [3.05, 3.63) is 28.2 Å². The van der Waals surface area contributed by atoms with Gasteiger partial charge in [0.15, 0.2) is 0 Å². The van der Waals surface area contributed by atoms with Crippen LogP contribution in [0.25, 0.3) is 0 Å². The summed E-state index contributed by atoms with van der Waals surface area (Å²) in [7, 11) is 0. The van der Waals surface area contributed by atoms with Crippen LogP contribution in [0, 0.1) is 5.92 Å². The van der Waals surface area contributed by atoms with E-state index in [9.17, 15) is 13.2 Å². The van der Waals surface area contributed by atoms with E-state index in [1.807, 2.05) is 25.1 Å².